The Morgan fingerprint density at radius 1 is 1.37 bits per heavy atom. The summed E-state index contributed by atoms with van der Waals surface area (Å²) in [5.41, 5.74) is 3.75. The Balaban J connectivity index is 2.19. The van der Waals surface area contributed by atoms with Crippen molar-refractivity contribution in [3.63, 3.8) is 0 Å². The number of aromatic nitrogens is 3. The monoisotopic (exact) mass is 273 g/mol. The van der Waals surface area contributed by atoms with E-state index >= 15 is 0 Å². The van der Waals surface area contributed by atoms with E-state index in [-0.39, 0.29) is 16.9 Å². The molecule has 0 aliphatic heterocycles. The molecule has 0 spiro atoms. The number of benzene rings is 1. The van der Waals surface area contributed by atoms with Crippen molar-refractivity contribution in [1.82, 2.24) is 14.8 Å². The van der Waals surface area contributed by atoms with Gasteiger partial charge in [0.15, 0.2) is 0 Å². The summed E-state index contributed by atoms with van der Waals surface area (Å²) in [4.78, 5) is 28.5. The van der Waals surface area contributed by atoms with E-state index < -0.39 is 0 Å². The van der Waals surface area contributed by atoms with Crippen LogP contribution in [0.2, 0.25) is 0 Å². The smallest absolute Gasteiger partial charge is 0.277 e. The fourth-order valence-electron chi connectivity index (χ4n) is 2.08. The second-order valence-corrected chi connectivity index (χ2v) is 5.20. The first kappa shape index (κ1) is 11.9. The number of aromatic amines is 1. The second-order valence-electron chi connectivity index (χ2n) is 4.32. The van der Waals surface area contributed by atoms with Gasteiger partial charge in [0.1, 0.15) is 5.56 Å². The Labute approximate surface area is 112 Å². The number of hydrogen-bond donors (Lipinski definition) is 1. The average molecular weight is 273 g/mol. The molecule has 0 saturated heterocycles. The average Bonchev–Trinajstić information content (AvgIpc) is 2.98. The minimum atomic E-state index is -0.317. The van der Waals surface area contributed by atoms with Crippen molar-refractivity contribution in [2.75, 3.05) is 0 Å². The molecule has 19 heavy (non-hydrogen) atoms. The lowest BCUT2D eigenvalue weighted by Gasteiger charge is -2.03. The van der Waals surface area contributed by atoms with Gasteiger partial charge < -0.3 is 5.10 Å². The first-order valence-corrected chi connectivity index (χ1v) is 6.59. The number of H-pyrrole nitrogens is 1. The molecular formula is C13H11N3O2S. The van der Waals surface area contributed by atoms with Crippen LogP contribution in [0.5, 0.6) is 0 Å². The number of nitrogens with zero attached hydrogens (tertiary/aromatic N) is 2. The lowest BCUT2D eigenvalue weighted by molar-refractivity contribution is 0.103. The molecular weight excluding hydrogens is 262 g/mol. The number of rotatable bonds is 2. The number of carbonyl (C=O) groups excluding carboxylic acids is 1. The van der Waals surface area contributed by atoms with Gasteiger partial charge in [-0.05, 0) is 24.6 Å². The van der Waals surface area contributed by atoms with E-state index in [1.54, 1.807) is 18.6 Å². The molecule has 0 aliphatic carbocycles. The largest absolute Gasteiger partial charge is 0.302 e. The Kier molecular flexibility index (Phi) is 2.60. The van der Waals surface area contributed by atoms with Crippen molar-refractivity contribution in [3.8, 4) is 0 Å². The van der Waals surface area contributed by atoms with Crippen LogP contribution in [0.1, 0.15) is 21.5 Å². The van der Waals surface area contributed by atoms with Crippen LogP contribution in [-0.4, -0.2) is 20.5 Å². The van der Waals surface area contributed by atoms with Crippen molar-refractivity contribution >= 4 is 27.3 Å². The highest BCUT2D eigenvalue weighted by Gasteiger charge is 2.18. The van der Waals surface area contributed by atoms with Crippen molar-refractivity contribution in [2.45, 2.75) is 6.92 Å². The van der Waals surface area contributed by atoms with Gasteiger partial charge in [-0.15, -0.1) is 11.3 Å². The standard InChI is InChI=1S/C13H11N3O2S/c1-7-8(3-4-10-11(7)14-6-19-10)12(17)9-5-15-16(2)13(9)18/h3-6,15H,1-2H3. The van der Waals surface area contributed by atoms with Crippen LogP contribution in [0.15, 0.2) is 28.6 Å². The highest BCUT2D eigenvalue weighted by molar-refractivity contribution is 7.16. The summed E-state index contributed by atoms with van der Waals surface area (Å²) in [6, 6.07) is 3.62. The van der Waals surface area contributed by atoms with Gasteiger partial charge in [-0.25, -0.2) is 4.98 Å². The number of carbonyl (C=O) groups is 1. The SMILES string of the molecule is Cc1c(C(=O)c2c[nH]n(C)c2=O)ccc2scnc12. The van der Waals surface area contributed by atoms with Gasteiger partial charge in [-0.2, -0.15) is 0 Å². The fourth-order valence-corrected chi connectivity index (χ4v) is 2.82. The fraction of sp³-hybridized carbons (Fsp3) is 0.154. The van der Waals surface area contributed by atoms with E-state index in [0.29, 0.717) is 5.56 Å². The minimum absolute atomic E-state index is 0.153. The molecule has 2 heterocycles. The second kappa shape index (κ2) is 4.17. The van der Waals surface area contributed by atoms with Crippen molar-refractivity contribution in [1.29, 1.82) is 0 Å². The Hall–Kier alpha value is -2.21. The maximum atomic E-state index is 12.4. The molecule has 0 bridgehead atoms. The van der Waals surface area contributed by atoms with Gasteiger partial charge in [0, 0.05) is 18.8 Å². The molecule has 0 fully saturated rings. The zero-order valence-electron chi connectivity index (χ0n) is 10.4. The number of nitrogens with one attached hydrogen (secondary N) is 1. The third-order valence-corrected chi connectivity index (χ3v) is 3.98. The predicted octanol–water partition coefficient (Wildman–Crippen LogP) is 1.86. The maximum absolute atomic E-state index is 12.4. The summed E-state index contributed by atoms with van der Waals surface area (Å²) < 4.78 is 2.32. The molecule has 5 nitrogen and oxygen atoms in total. The molecule has 0 saturated carbocycles. The van der Waals surface area contributed by atoms with Crippen molar-refractivity contribution < 1.29 is 4.79 Å². The molecule has 1 aromatic carbocycles. The van der Waals surface area contributed by atoms with Gasteiger partial charge in [0.05, 0.1) is 15.7 Å². The normalized spacial score (nSPS) is 11.1. The topological polar surface area (TPSA) is 67.8 Å². The van der Waals surface area contributed by atoms with Crippen molar-refractivity contribution in [2.24, 2.45) is 7.05 Å². The van der Waals surface area contributed by atoms with E-state index in [0.717, 1.165) is 15.8 Å². The van der Waals surface area contributed by atoms with Gasteiger partial charge in [0.2, 0.25) is 5.78 Å². The van der Waals surface area contributed by atoms with Crippen LogP contribution < -0.4 is 5.56 Å². The first-order chi connectivity index (χ1) is 9.09. The lowest BCUT2D eigenvalue weighted by Crippen LogP contribution is -2.19. The zero-order chi connectivity index (χ0) is 13.6. The molecule has 3 aromatic rings. The highest BCUT2D eigenvalue weighted by atomic mass is 32.1. The van der Waals surface area contributed by atoms with E-state index in [2.05, 4.69) is 10.1 Å². The van der Waals surface area contributed by atoms with Gasteiger partial charge in [-0.1, -0.05) is 0 Å². The quantitative estimate of drug-likeness (QED) is 0.725. The maximum Gasteiger partial charge on any atom is 0.277 e. The Bertz CT molecular complexity index is 841. The van der Waals surface area contributed by atoms with Gasteiger partial charge >= 0.3 is 0 Å². The van der Waals surface area contributed by atoms with E-state index in [9.17, 15) is 9.59 Å². The number of fused-ring (bicyclic) bond motifs is 1. The summed E-state index contributed by atoms with van der Waals surface area (Å²) in [6.45, 7) is 1.85. The molecule has 1 N–H and O–H groups in total. The summed E-state index contributed by atoms with van der Waals surface area (Å²) in [5.74, 6) is -0.269. The molecule has 0 atom stereocenters. The summed E-state index contributed by atoms with van der Waals surface area (Å²) in [7, 11) is 1.58. The molecule has 0 aliphatic rings. The van der Waals surface area contributed by atoms with Crippen LogP contribution in [-0.2, 0) is 7.05 Å². The summed E-state index contributed by atoms with van der Waals surface area (Å²) in [5, 5.41) is 2.71. The lowest BCUT2D eigenvalue weighted by atomic mass is 10.0. The van der Waals surface area contributed by atoms with Crippen LogP contribution >= 0.6 is 11.3 Å². The Morgan fingerprint density at radius 3 is 2.84 bits per heavy atom. The van der Waals surface area contributed by atoms with E-state index in [4.69, 9.17) is 0 Å². The van der Waals surface area contributed by atoms with E-state index in [1.807, 2.05) is 13.0 Å². The predicted molar refractivity (Wildman–Crippen MR) is 73.8 cm³/mol. The number of ketones is 1. The molecule has 6 heteroatoms. The van der Waals surface area contributed by atoms with Gasteiger partial charge in [-0.3, -0.25) is 14.3 Å². The summed E-state index contributed by atoms with van der Waals surface area (Å²) in [6.07, 6.45) is 1.44. The molecule has 0 radical (unpaired) electrons. The number of aryl methyl sites for hydroxylation is 2. The van der Waals surface area contributed by atoms with Crippen LogP contribution in [0.3, 0.4) is 0 Å². The summed E-state index contributed by atoms with van der Waals surface area (Å²) >= 11 is 1.53. The third-order valence-electron chi connectivity index (χ3n) is 3.18. The molecule has 0 unspecified atom stereocenters. The molecule has 2 aromatic heterocycles. The van der Waals surface area contributed by atoms with Crippen LogP contribution in [0, 0.1) is 6.92 Å². The number of thiazole rings is 1. The zero-order valence-corrected chi connectivity index (χ0v) is 11.2. The van der Waals surface area contributed by atoms with E-state index in [1.165, 1.54) is 22.2 Å². The van der Waals surface area contributed by atoms with Crippen LogP contribution in [0.4, 0.5) is 0 Å². The van der Waals surface area contributed by atoms with Crippen molar-refractivity contribution in [3.05, 3.63) is 50.9 Å². The molecule has 0 amide bonds. The van der Waals surface area contributed by atoms with Crippen LogP contribution in [0.25, 0.3) is 10.2 Å². The van der Waals surface area contributed by atoms with Gasteiger partial charge in [0.25, 0.3) is 5.56 Å². The number of hydrogen-bond acceptors (Lipinski definition) is 4. The highest BCUT2D eigenvalue weighted by Crippen LogP contribution is 2.24. The Morgan fingerprint density at radius 2 is 2.16 bits per heavy atom. The molecule has 96 valence electrons. The third kappa shape index (κ3) is 1.72. The minimum Gasteiger partial charge on any atom is -0.302 e. The molecule has 3 rings (SSSR count). The first-order valence-electron chi connectivity index (χ1n) is 5.71.